The first kappa shape index (κ1) is 13.5. The van der Waals surface area contributed by atoms with Gasteiger partial charge in [0, 0.05) is 50.0 Å². The molecule has 0 aromatic carbocycles. The van der Waals surface area contributed by atoms with E-state index >= 15 is 0 Å². The average Bonchev–Trinajstić information content (AvgIpc) is 2.56. The fourth-order valence-electron chi connectivity index (χ4n) is 3.16. The Morgan fingerprint density at radius 3 is 2.90 bits per heavy atom. The van der Waals surface area contributed by atoms with Crippen molar-refractivity contribution < 1.29 is 9.53 Å². The zero-order chi connectivity index (χ0) is 13.8. The number of likely N-dealkylation sites (tertiary alicyclic amines) is 1. The summed E-state index contributed by atoms with van der Waals surface area (Å²) in [5.74, 6) is 0.829. The number of rotatable bonds is 2. The standard InChI is InChI=1S/C15H21N3O2/c19-15(12-4-8-20-9-5-12)18-7-1-2-13(10-18)14-3-6-16-11-17-14/h3,6,11-13H,1-2,4-5,7-10H2. The molecule has 20 heavy (non-hydrogen) atoms. The van der Waals surface area contributed by atoms with Gasteiger partial charge in [0.1, 0.15) is 6.33 Å². The first-order chi connectivity index (χ1) is 9.84. The van der Waals surface area contributed by atoms with E-state index in [1.165, 1.54) is 0 Å². The van der Waals surface area contributed by atoms with Crippen LogP contribution >= 0.6 is 0 Å². The van der Waals surface area contributed by atoms with Gasteiger partial charge in [-0.05, 0) is 31.7 Å². The Balaban J connectivity index is 1.64. The number of hydrogen-bond donors (Lipinski definition) is 0. The van der Waals surface area contributed by atoms with E-state index in [1.54, 1.807) is 12.5 Å². The topological polar surface area (TPSA) is 55.3 Å². The molecule has 2 aliphatic heterocycles. The molecule has 3 rings (SSSR count). The normalized spacial score (nSPS) is 24.6. The van der Waals surface area contributed by atoms with Gasteiger partial charge in [0.15, 0.2) is 0 Å². The van der Waals surface area contributed by atoms with E-state index in [1.807, 2.05) is 11.0 Å². The molecule has 108 valence electrons. The second-order valence-corrected chi connectivity index (χ2v) is 5.64. The van der Waals surface area contributed by atoms with Crippen LogP contribution in [0.25, 0.3) is 0 Å². The minimum atomic E-state index is 0.160. The van der Waals surface area contributed by atoms with Crippen LogP contribution in [0.4, 0.5) is 0 Å². The third-order valence-corrected chi connectivity index (χ3v) is 4.33. The molecular formula is C15H21N3O2. The summed E-state index contributed by atoms with van der Waals surface area (Å²) in [6.45, 7) is 3.13. The molecule has 0 radical (unpaired) electrons. The van der Waals surface area contributed by atoms with Crippen molar-refractivity contribution in [1.82, 2.24) is 14.9 Å². The molecule has 1 aromatic rings. The van der Waals surface area contributed by atoms with Gasteiger partial charge in [0.25, 0.3) is 0 Å². The summed E-state index contributed by atoms with van der Waals surface area (Å²) in [5, 5.41) is 0. The van der Waals surface area contributed by atoms with Crippen LogP contribution in [0.5, 0.6) is 0 Å². The molecule has 0 bridgehead atoms. The molecule has 0 spiro atoms. The van der Waals surface area contributed by atoms with E-state index < -0.39 is 0 Å². The minimum absolute atomic E-state index is 0.160. The highest BCUT2D eigenvalue weighted by atomic mass is 16.5. The first-order valence-electron chi connectivity index (χ1n) is 7.47. The molecule has 1 unspecified atom stereocenters. The van der Waals surface area contributed by atoms with Crippen molar-refractivity contribution in [3.63, 3.8) is 0 Å². The van der Waals surface area contributed by atoms with Gasteiger partial charge < -0.3 is 9.64 Å². The van der Waals surface area contributed by atoms with Crippen LogP contribution in [0, 0.1) is 5.92 Å². The highest BCUT2D eigenvalue weighted by Gasteiger charge is 2.30. The SMILES string of the molecule is O=C(C1CCOCC1)N1CCCC(c2ccncn2)C1. The van der Waals surface area contributed by atoms with Gasteiger partial charge in [0.2, 0.25) is 5.91 Å². The Morgan fingerprint density at radius 1 is 1.30 bits per heavy atom. The van der Waals surface area contributed by atoms with Crippen molar-refractivity contribution in [2.75, 3.05) is 26.3 Å². The second-order valence-electron chi connectivity index (χ2n) is 5.64. The summed E-state index contributed by atoms with van der Waals surface area (Å²) in [6, 6.07) is 1.97. The van der Waals surface area contributed by atoms with Gasteiger partial charge in [-0.1, -0.05) is 0 Å². The number of amides is 1. The van der Waals surface area contributed by atoms with Gasteiger partial charge in [-0.3, -0.25) is 4.79 Å². The summed E-state index contributed by atoms with van der Waals surface area (Å²) in [6.07, 6.45) is 7.27. The highest BCUT2D eigenvalue weighted by molar-refractivity contribution is 5.79. The van der Waals surface area contributed by atoms with Crippen LogP contribution in [0.1, 0.15) is 37.3 Å². The number of hydrogen-bond acceptors (Lipinski definition) is 4. The van der Waals surface area contributed by atoms with Gasteiger partial charge in [-0.15, -0.1) is 0 Å². The van der Waals surface area contributed by atoms with Crippen LogP contribution < -0.4 is 0 Å². The van der Waals surface area contributed by atoms with Gasteiger partial charge in [0.05, 0.1) is 0 Å². The number of ether oxygens (including phenoxy) is 1. The fourth-order valence-corrected chi connectivity index (χ4v) is 3.16. The molecule has 2 saturated heterocycles. The summed E-state index contributed by atoms with van der Waals surface area (Å²) in [7, 11) is 0. The maximum absolute atomic E-state index is 12.6. The molecule has 0 saturated carbocycles. The number of carbonyl (C=O) groups excluding carboxylic acids is 1. The van der Waals surface area contributed by atoms with Gasteiger partial charge in [-0.25, -0.2) is 9.97 Å². The Morgan fingerprint density at radius 2 is 2.15 bits per heavy atom. The summed E-state index contributed by atoms with van der Waals surface area (Å²) >= 11 is 0. The lowest BCUT2D eigenvalue weighted by molar-refractivity contribution is -0.139. The average molecular weight is 275 g/mol. The number of nitrogens with zero attached hydrogens (tertiary/aromatic N) is 3. The van der Waals surface area contributed by atoms with Crippen LogP contribution in [-0.4, -0.2) is 47.1 Å². The molecule has 0 N–H and O–H groups in total. The maximum Gasteiger partial charge on any atom is 0.225 e. The summed E-state index contributed by atoms with van der Waals surface area (Å²) < 4.78 is 5.34. The fraction of sp³-hybridized carbons (Fsp3) is 0.667. The van der Waals surface area contributed by atoms with Crippen molar-refractivity contribution in [3.8, 4) is 0 Å². The molecular weight excluding hydrogens is 254 g/mol. The molecule has 5 heteroatoms. The third-order valence-electron chi connectivity index (χ3n) is 4.33. The monoisotopic (exact) mass is 275 g/mol. The predicted octanol–water partition coefficient (Wildman–Crippen LogP) is 1.61. The van der Waals surface area contributed by atoms with E-state index in [-0.39, 0.29) is 5.92 Å². The number of aromatic nitrogens is 2. The Hall–Kier alpha value is -1.49. The van der Waals surface area contributed by atoms with Crippen LogP contribution in [-0.2, 0) is 9.53 Å². The molecule has 3 heterocycles. The first-order valence-corrected chi connectivity index (χ1v) is 7.47. The lowest BCUT2D eigenvalue weighted by atomic mass is 9.92. The van der Waals surface area contributed by atoms with Crippen molar-refractivity contribution in [3.05, 3.63) is 24.3 Å². The van der Waals surface area contributed by atoms with Crippen molar-refractivity contribution in [2.24, 2.45) is 5.92 Å². The number of carbonyl (C=O) groups is 1. The number of piperidine rings is 1. The quantitative estimate of drug-likeness (QED) is 0.823. The van der Waals surface area contributed by atoms with Gasteiger partial charge in [-0.2, -0.15) is 0 Å². The lowest BCUT2D eigenvalue weighted by Crippen LogP contribution is -2.43. The van der Waals surface area contributed by atoms with E-state index in [4.69, 9.17) is 4.74 Å². The molecule has 1 amide bonds. The highest BCUT2D eigenvalue weighted by Crippen LogP contribution is 2.27. The van der Waals surface area contributed by atoms with Crippen molar-refractivity contribution in [2.45, 2.75) is 31.6 Å². The largest absolute Gasteiger partial charge is 0.381 e. The Labute approximate surface area is 119 Å². The maximum atomic E-state index is 12.6. The Bertz CT molecular complexity index is 446. The minimum Gasteiger partial charge on any atom is -0.381 e. The van der Waals surface area contributed by atoms with E-state index in [0.717, 1.165) is 57.7 Å². The summed E-state index contributed by atoms with van der Waals surface area (Å²) in [5.41, 5.74) is 1.06. The van der Waals surface area contributed by atoms with Gasteiger partial charge >= 0.3 is 0 Å². The van der Waals surface area contributed by atoms with E-state index in [0.29, 0.717) is 11.8 Å². The Kier molecular flexibility index (Phi) is 4.25. The zero-order valence-electron chi connectivity index (χ0n) is 11.7. The smallest absolute Gasteiger partial charge is 0.225 e. The van der Waals surface area contributed by atoms with Crippen molar-refractivity contribution in [1.29, 1.82) is 0 Å². The third kappa shape index (κ3) is 2.98. The molecule has 1 atom stereocenters. The molecule has 0 aliphatic carbocycles. The van der Waals surface area contributed by atoms with E-state index in [2.05, 4.69) is 9.97 Å². The molecule has 5 nitrogen and oxygen atoms in total. The molecule has 2 fully saturated rings. The second kappa shape index (κ2) is 6.31. The van der Waals surface area contributed by atoms with Crippen LogP contribution in [0.2, 0.25) is 0 Å². The van der Waals surface area contributed by atoms with E-state index in [9.17, 15) is 4.79 Å². The predicted molar refractivity (Wildman–Crippen MR) is 74.1 cm³/mol. The summed E-state index contributed by atoms with van der Waals surface area (Å²) in [4.78, 5) is 22.9. The van der Waals surface area contributed by atoms with Crippen LogP contribution in [0.3, 0.4) is 0 Å². The van der Waals surface area contributed by atoms with Crippen molar-refractivity contribution >= 4 is 5.91 Å². The molecule has 2 aliphatic rings. The molecule has 1 aromatic heterocycles. The lowest BCUT2D eigenvalue weighted by Gasteiger charge is -2.35. The zero-order valence-corrected chi connectivity index (χ0v) is 11.7. The van der Waals surface area contributed by atoms with Crippen LogP contribution in [0.15, 0.2) is 18.6 Å².